The van der Waals surface area contributed by atoms with Gasteiger partial charge in [-0.3, -0.25) is 9.20 Å². The Kier molecular flexibility index (Phi) is 3.94. The number of carbonyl (C=O) groups excluding carboxylic acids is 1. The molecule has 2 heterocycles. The smallest absolute Gasteiger partial charge is 0.269 e. The molecule has 0 saturated heterocycles. The van der Waals surface area contributed by atoms with Gasteiger partial charge >= 0.3 is 0 Å². The molecular formula is C13H17N3O2. The van der Waals surface area contributed by atoms with Crippen LogP contribution in [0, 0.1) is 5.92 Å². The van der Waals surface area contributed by atoms with Crippen molar-refractivity contribution >= 4 is 11.6 Å². The Balaban J connectivity index is 2.05. The third-order valence-corrected chi connectivity index (χ3v) is 2.88. The van der Waals surface area contributed by atoms with E-state index in [-0.39, 0.29) is 18.4 Å². The molecule has 2 N–H and O–H groups in total. The number of hydrogen-bond donors (Lipinski definition) is 2. The lowest BCUT2D eigenvalue weighted by atomic mass is 10.1. The number of imidazole rings is 1. The molecule has 1 unspecified atom stereocenters. The summed E-state index contributed by atoms with van der Waals surface area (Å²) >= 11 is 0. The summed E-state index contributed by atoms with van der Waals surface area (Å²) in [5.41, 5.74) is 1.29. The van der Waals surface area contributed by atoms with E-state index in [0.29, 0.717) is 18.7 Å². The molecule has 1 amide bonds. The van der Waals surface area contributed by atoms with Gasteiger partial charge in [0.25, 0.3) is 5.91 Å². The Morgan fingerprint density at radius 2 is 2.39 bits per heavy atom. The lowest BCUT2D eigenvalue weighted by Crippen LogP contribution is -2.29. The lowest BCUT2D eigenvalue weighted by Gasteiger charge is -2.10. The fourth-order valence-electron chi connectivity index (χ4n) is 1.78. The first-order chi connectivity index (χ1) is 8.72. The van der Waals surface area contributed by atoms with Gasteiger partial charge in [0, 0.05) is 19.3 Å². The van der Waals surface area contributed by atoms with Crippen LogP contribution < -0.4 is 5.32 Å². The van der Waals surface area contributed by atoms with Crippen molar-refractivity contribution in [3.8, 4) is 0 Å². The highest BCUT2D eigenvalue weighted by atomic mass is 16.3. The maximum Gasteiger partial charge on any atom is 0.269 e. The molecule has 1 atom stereocenters. The predicted octanol–water partition coefficient (Wildman–Crippen LogP) is 1.08. The number of carbonyl (C=O) groups is 1. The maximum absolute atomic E-state index is 12.0. The van der Waals surface area contributed by atoms with E-state index < -0.39 is 0 Å². The van der Waals surface area contributed by atoms with Crippen LogP contribution in [-0.2, 0) is 0 Å². The normalized spacial score (nSPS) is 12.6. The van der Waals surface area contributed by atoms with Gasteiger partial charge in [0.2, 0.25) is 0 Å². The first kappa shape index (κ1) is 12.6. The number of aliphatic hydroxyl groups is 1. The van der Waals surface area contributed by atoms with Crippen molar-refractivity contribution in [1.82, 2.24) is 14.7 Å². The molecule has 2 aromatic rings. The van der Waals surface area contributed by atoms with Crippen LogP contribution in [0.1, 0.15) is 23.8 Å². The van der Waals surface area contributed by atoms with Gasteiger partial charge in [-0.2, -0.15) is 0 Å². The fraction of sp³-hybridized carbons (Fsp3) is 0.385. The molecule has 0 aliphatic rings. The highest BCUT2D eigenvalue weighted by Gasteiger charge is 2.12. The lowest BCUT2D eigenvalue weighted by molar-refractivity contribution is 0.0939. The van der Waals surface area contributed by atoms with Gasteiger partial charge in [0.15, 0.2) is 0 Å². The Hall–Kier alpha value is -1.88. The van der Waals surface area contributed by atoms with Crippen molar-refractivity contribution in [1.29, 1.82) is 0 Å². The summed E-state index contributed by atoms with van der Waals surface area (Å²) in [5, 5.41) is 11.7. The van der Waals surface area contributed by atoms with Crippen LogP contribution in [0.5, 0.6) is 0 Å². The van der Waals surface area contributed by atoms with Gasteiger partial charge < -0.3 is 10.4 Å². The fourth-order valence-corrected chi connectivity index (χ4v) is 1.78. The molecule has 5 heteroatoms. The summed E-state index contributed by atoms with van der Waals surface area (Å²) in [7, 11) is 0. The summed E-state index contributed by atoms with van der Waals surface area (Å²) in [5.74, 6) is 0.122. The van der Waals surface area contributed by atoms with Gasteiger partial charge in [0.05, 0.1) is 6.20 Å². The Morgan fingerprint density at radius 1 is 1.56 bits per heavy atom. The number of nitrogens with zero attached hydrogens (tertiary/aromatic N) is 2. The molecule has 5 nitrogen and oxygen atoms in total. The van der Waals surface area contributed by atoms with Gasteiger partial charge in [0.1, 0.15) is 11.3 Å². The molecule has 0 aliphatic heterocycles. The van der Waals surface area contributed by atoms with Gasteiger partial charge in [-0.15, -0.1) is 0 Å². The number of pyridine rings is 1. The Bertz CT molecular complexity index is 536. The van der Waals surface area contributed by atoms with Crippen LogP contribution in [0.3, 0.4) is 0 Å². The highest BCUT2D eigenvalue weighted by molar-refractivity contribution is 5.93. The maximum atomic E-state index is 12.0. The summed E-state index contributed by atoms with van der Waals surface area (Å²) in [6.07, 6.45) is 4.07. The van der Waals surface area contributed by atoms with E-state index in [1.807, 2.05) is 31.3 Å². The number of hydrogen-bond acceptors (Lipinski definition) is 3. The van der Waals surface area contributed by atoms with E-state index in [1.54, 1.807) is 10.6 Å². The zero-order chi connectivity index (χ0) is 13.0. The summed E-state index contributed by atoms with van der Waals surface area (Å²) in [6, 6.07) is 5.60. The standard InChI is InChI=1S/C13H17N3O2/c1-10(5-7-17)8-15-13(18)11-9-14-12-4-2-3-6-16(11)12/h2-4,6,9-10,17H,5,7-8H2,1H3,(H,15,18). The average Bonchev–Trinajstić information content (AvgIpc) is 2.80. The number of rotatable bonds is 5. The number of nitrogens with one attached hydrogen (secondary N) is 1. The topological polar surface area (TPSA) is 66.6 Å². The van der Waals surface area contributed by atoms with Gasteiger partial charge in [-0.05, 0) is 24.5 Å². The van der Waals surface area contributed by atoms with Crippen LogP contribution in [0.2, 0.25) is 0 Å². The first-order valence-electron chi connectivity index (χ1n) is 6.03. The van der Waals surface area contributed by atoms with Crippen molar-refractivity contribution in [3.63, 3.8) is 0 Å². The van der Waals surface area contributed by atoms with E-state index in [4.69, 9.17) is 5.11 Å². The number of aromatic nitrogens is 2. The van der Waals surface area contributed by atoms with Crippen LogP contribution in [0.15, 0.2) is 30.6 Å². The summed E-state index contributed by atoms with van der Waals surface area (Å²) < 4.78 is 1.76. The van der Waals surface area contributed by atoms with Crippen LogP contribution in [-0.4, -0.2) is 33.6 Å². The number of amides is 1. The van der Waals surface area contributed by atoms with Gasteiger partial charge in [-0.25, -0.2) is 4.98 Å². The molecule has 0 radical (unpaired) electrons. The first-order valence-corrected chi connectivity index (χ1v) is 6.03. The molecule has 0 bridgehead atoms. The Labute approximate surface area is 105 Å². The Morgan fingerprint density at radius 3 is 3.17 bits per heavy atom. The highest BCUT2D eigenvalue weighted by Crippen LogP contribution is 2.06. The van der Waals surface area contributed by atoms with E-state index in [9.17, 15) is 4.79 Å². The molecule has 18 heavy (non-hydrogen) atoms. The zero-order valence-corrected chi connectivity index (χ0v) is 10.3. The quantitative estimate of drug-likeness (QED) is 0.831. The molecular weight excluding hydrogens is 230 g/mol. The molecule has 96 valence electrons. The molecule has 0 saturated carbocycles. The monoisotopic (exact) mass is 247 g/mol. The van der Waals surface area contributed by atoms with Crippen LogP contribution in [0.4, 0.5) is 0 Å². The minimum atomic E-state index is -0.140. The SMILES string of the molecule is CC(CCO)CNC(=O)c1cnc2ccccn12. The van der Waals surface area contributed by atoms with Crippen LogP contribution in [0.25, 0.3) is 5.65 Å². The third-order valence-electron chi connectivity index (χ3n) is 2.88. The zero-order valence-electron chi connectivity index (χ0n) is 10.3. The van der Waals surface area contributed by atoms with Crippen molar-refractivity contribution in [2.75, 3.05) is 13.2 Å². The third kappa shape index (κ3) is 2.68. The van der Waals surface area contributed by atoms with Crippen molar-refractivity contribution < 1.29 is 9.90 Å². The van der Waals surface area contributed by atoms with E-state index in [2.05, 4.69) is 10.3 Å². The molecule has 0 spiro atoms. The average molecular weight is 247 g/mol. The van der Waals surface area contributed by atoms with Crippen molar-refractivity contribution in [3.05, 3.63) is 36.3 Å². The van der Waals surface area contributed by atoms with Gasteiger partial charge in [-0.1, -0.05) is 13.0 Å². The van der Waals surface area contributed by atoms with Crippen molar-refractivity contribution in [2.45, 2.75) is 13.3 Å². The second-order valence-electron chi connectivity index (χ2n) is 4.40. The molecule has 0 fully saturated rings. The largest absolute Gasteiger partial charge is 0.396 e. The number of fused-ring (bicyclic) bond motifs is 1. The summed E-state index contributed by atoms with van der Waals surface area (Å²) in [6.45, 7) is 2.69. The second-order valence-corrected chi connectivity index (χ2v) is 4.40. The van der Waals surface area contributed by atoms with Crippen molar-refractivity contribution in [2.24, 2.45) is 5.92 Å². The molecule has 2 aromatic heterocycles. The minimum absolute atomic E-state index is 0.140. The van der Waals surface area contributed by atoms with E-state index in [1.165, 1.54) is 0 Å². The minimum Gasteiger partial charge on any atom is -0.396 e. The van der Waals surface area contributed by atoms with E-state index in [0.717, 1.165) is 5.65 Å². The molecule has 0 aromatic carbocycles. The summed E-state index contributed by atoms with van der Waals surface area (Å²) in [4.78, 5) is 16.2. The molecule has 2 rings (SSSR count). The number of aliphatic hydroxyl groups excluding tert-OH is 1. The van der Waals surface area contributed by atoms with E-state index >= 15 is 0 Å². The second kappa shape index (κ2) is 5.64. The van der Waals surface area contributed by atoms with Crippen LogP contribution >= 0.6 is 0 Å². The predicted molar refractivity (Wildman–Crippen MR) is 68.4 cm³/mol. The molecule has 0 aliphatic carbocycles.